The summed E-state index contributed by atoms with van der Waals surface area (Å²) in [5.41, 5.74) is 9.00. The Kier molecular flexibility index (Phi) is 5.31. The van der Waals surface area contributed by atoms with Crippen molar-refractivity contribution >= 4 is 33.5 Å². The number of nitrogen functional groups attached to an aromatic ring is 1. The second-order valence-corrected chi connectivity index (χ2v) is 6.65. The summed E-state index contributed by atoms with van der Waals surface area (Å²) in [6.07, 6.45) is 5.67. The van der Waals surface area contributed by atoms with Gasteiger partial charge in [-0.05, 0) is 32.3 Å². The zero-order valence-electron chi connectivity index (χ0n) is 15.1. The number of aryl methyl sites for hydroxylation is 2. The number of unbranched alkanes of at least 4 members (excludes halogenated alkanes) is 2. The smallest absolute Gasteiger partial charge is 0.152 e. The molecular weight excluding hydrogens is 312 g/mol. The molecule has 0 fully saturated rings. The van der Waals surface area contributed by atoms with Crippen LogP contribution in [0.3, 0.4) is 0 Å². The number of hydrogen-bond acceptors (Lipinski definition) is 4. The van der Waals surface area contributed by atoms with E-state index in [1.807, 2.05) is 18.2 Å². The molecule has 0 aliphatic heterocycles. The molecule has 1 aromatic carbocycles. The summed E-state index contributed by atoms with van der Waals surface area (Å²) < 4.78 is 2.31. The van der Waals surface area contributed by atoms with Gasteiger partial charge in [0.1, 0.15) is 17.1 Å². The lowest BCUT2D eigenvalue weighted by Crippen LogP contribution is -2.05. The van der Waals surface area contributed by atoms with E-state index in [2.05, 4.69) is 22.5 Å². The van der Waals surface area contributed by atoms with Crippen molar-refractivity contribution in [1.29, 1.82) is 0 Å². The highest BCUT2D eigenvalue weighted by molar-refractivity contribution is 6.06. The Balaban J connectivity index is 1.98. The molecule has 25 heavy (non-hydrogen) atoms. The maximum atomic E-state index is 11.1. The third kappa shape index (κ3) is 3.65. The molecule has 5 heteroatoms. The van der Waals surface area contributed by atoms with Crippen LogP contribution in [-0.4, -0.2) is 20.3 Å². The Labute approximate surface area is 148 Å². The van der Waals surface area contributed by atoms with Gasteiger partial charge in [0.2, 0.25) is 0 Å². The summed E-state index contributed by atoms with van der Waals surface area (Å²) in [4.78, 5) is 20.4. The first-order chi connectivity index (χ1) is 12.1. The molecule has 5 nitrogen and oxygen atoms in total. The monoisotopic (exact) mass is 338 g/mol. The summed E-state index contributed by atoms with van der Waals surface area (Å²) in [6.45, 7) is 4.72. The van der Waals surface area contributed by atoms with Crippen LogP contribution in [0.2, 0.25) is 0 Å². The van der Waals surface area contributed by atoms with E-state index in [-0.39, 0.29) is 5.78 Å². The van der Waals surface area contributed by atoms with Gasteiger partial charge < -0.3 is 15.1 Å². The molecule has 2 N–H and O–H groups in total. The van der Waals surface area contributed by atoms with E-state index in [1.165, 1.54) is 0 Å². The van der Waals surface area contributed by atoms with E-state index in [0.29, 0.717) is 12.2 Å². The molecule has 0 bridgehead atoms. The SMILES string of the molecule is CCCc1nc2c(N)nc3ccccc3c2n1CCCCCC(C)=O. The van der Waals surface area contributed by atoms with Gasteiger partial charge in [-0.3, -0.25) is 0 Å². The topological polar surface area (TPSA) is 73.8 Å². The van der Waals surface area contributed by atoms with Crippen LogP contribution in [0, 0.1) is 0 Å². The Morgan fingerprint density at radius 2 is 1.96 bits per heavy atom. The van der Waals surface area contributed by atoms with Gasteiger partial charge in [-0.15, -0.1) is 0 Å². The molecule has 0 spiro atoms. The first kappa shape index (κ1) is 17.4. The predicted octanol–water partition coefficient (Wildman–Crippen LogP) is 4.27. The van der Waals surface area contributed by atoms with Crippen molar-refractivity contribution in [3.63, 3.8) is 0 Å². The largest absolute Gasteiger partial charge is 0.382 e. The molecule has 0 atom stereocenters. The summed E-state index contributed by atoms with van der Waals surface area (Å²) in [5.74, 6) is 1.85. The molecule has 3 aromatic rings. The fraction of sp³-hybridized carbons (Fsp3) is 0.450. The van der Waals surface area contributed by atoms with Gasteiger partial charge in [-0.25, -0.2) is 9.97 Å². The molecule has 3 rings (SSSR count). The number of Topliss-reactive ketones (excluding diaryl/α,β-unsaturated/α-hetero) is 1. The number of fused-ring (bicyclic) bond motifs is 3. The van der Waals surface area contributed by atoms with E-state index < -0.39 is 0 Å². The second-order valence-electron chi connectivity index (χ2n) is 6.65. The zero-order valence-corrected chi connectivity index (χ0v) is 15.1. The van der Waals surface area contributed by atoms with Crippen LogP contribution in [0.25, 0.3) is 21.9 Å². The Morgan fingerprint density at radius 3 is 2.72 bits per heavy atom. The van der Waals surface area contributed by atoms with Crippen molar-refractivity contribution in [1.82, 2.24) is 14.5 Å². The lowest BCUT2D eigenvalue weighted by atomic mass is 10.1. The average Bonchev–Trinajstić information content (AvgIpc) is 2.94. The van der Waals surface area contributed by atoms with Crippen LogP contribution in [0.1, 0.15) is 51.8 Å². The van der Waals surface area contributed by atoms with E-state index in [4.69, 9.17) is 10.7 Å². The minimum atomic E-state index is 0.268. The molecule has 2 heterocycles. The van der Waals surface area contributed by atoms with Crippen molar-refractivity contribution < 1.29 is 4.79 Å². The minimum absolute atomic E-state index is 0.268. The normalized spacial score (nSPS) is 11.4. The van der Waals surface area contributed by atoms with Crippen LogP contribution in [-0.2, 0) is 17.8 Å². The maximum absolute atomic E-state index is 11.1. The Hall–Kier alpha value is -2.43. The highest BCUT2D eigenvalue weighted by Crippen LogP contribution is 2.29. The number of carbonyl (C=O) groups excluding carboxylic acids is 1. The number of pyridine rings is 1. The summed E-state index contributed by atoms with van der Waals surface area (Å²) in [5, 5.41) is 1.10. The molecule has 0 aliphatic carbocycles. The van der Waals surface area contributed by atoms with Crippen molar-refractivity contribution in [3.05, 3.63) is 30.1 Å². The van der Waals surface area contributed by atoms with Gasteiger partial charge in [-0.2, -0.15) is 0 Å². The summed E-state index contributed by atoms with van der Waals surface area (Å²) >= 11 is 0. The van der Waals surface area contributed by atoms with Crippen LogP contribution in [0.5, 0.6) is 0 Å². The van der Waals surface area contributed by atoms with E-state index in [0.717, 1.165) is 66.4 Å². The highest BCUT2D eigenvalue weighted by atomic mass is 16.1. The van der Waals surface area contributed by atoms with Gasteiger partial charge in [0.05, 0.1) is 11.0 Å². The third-order valence-corrected chi connectivity index (χ3v) is 4.57. The van der Waals surface area contributed by atoms with Crippen LogP contribution in [0.15, 0.2) is 24.3 Å². The summed E-state index contributed by atoms with van der Waals surface area (Å²) in [7, 11) is 0. The maximum Gasteiger partial charge on any atom is 0.152 e. The van der Waals surface area contributed by atoms with Gasteiger partial charge in [0.15, 0.2) is 5.82 Å². The molecule has 0 saturated heterocycles. The quantitative estimate of drug-likeness (QED) is 0.623. The lowest BCUT2D eigenvalue weighted by molar-refractivity contribution is -0.117. The number of rotatable bonds is 8. The molecule has 0 amide bonds. The molecule has 0 aliphatic rings. The number of para-hydroxylation sites is 1. The summed E-state index contributed by atoms with van der Waals surface area (Å²) in [6, 6.07) is 8.10. The number of imidazole rings is 1. The number of hydrogen-bond donors (Lipinski definition) is 1. The molecular formula is C20H26N4O. The second kappa shape index (κ2) is 7.64. The van der Waals surface area contributed by atoms with Crippen LogP contribution in [0.4, 0.5) is 5.82 Å². The van der Waals surface area contributed by atoms with E-state index >= 15 is 0 Å². The number of ketones is 1. The number of benzene rings is 1. The van der Waals surface area contributed by atoms with Gasteiger partial charge in [-0.1, -0.05) is 31.5 Å². The van der Waals surface area contributed by atoms with Crippen molar-refractivity contribution in [2.45, 2.75) is 58.9 Å². The number of carbonyl (C=O) groups is 1. The minimum Gasteiger partial charge on any atom is -0.382 e. The number of nitrogens with two attached hydrogens (primary N) is 1. The van der Waals surface area contributed by atoms with Crippen LogP contribution >= 0.6 is 0 Å². The third-order valence-electron chi connectivity index (χ3n) is 4.57. The average molecular weight is 338 g/mol. The Bertz CT molecular complexity index is 897. The number of aromatic nitrogens is 3. The first-order valence-electron chi connectivity index (χ1n) is 9.14. The standard InChI is InChI=1S/C20H26N4O/c1-3-9-17-23-18-19(24(17)13-8-4-5-10-14(2)25)15-11-6-7-12-16(15)22-20(18)21/h6-7,11-12H,3-5,8-10,13H2,1-2H3,(H2,21,22). The van der Waals surface area contributed by atoms with Gasteiger partial charge >= 0.3 is 0 Å². The van der Waals surface area contributed by atoms with E-state index in [9.17, 15) is 4.79 Å². The lowest BCUT2D eigenvalue weighted by Gasteiger charge is -2.10. The van der Waals surface area contributed by atoms with E-state index in [1.54, 1.807) is 6.92 Å². The van der Waals surface area contributed by atoms with Crippen molar-refractivity contribution in [3.8, 4) is 0 Å². The molecule has 0 unspecified atom stereocenters. The number of nitrogens with zero attached hydrogens (tertiary/aromatic N) is 3. The van der Waals surface area contributed by atoms with Gasteiger partial charge in [0.25, 0.3) is 0 Å². The van der Waals surface area contributed by atoms with Crippen molar-refractivity contribution in [2.24, 2.45) is 0 Å². The molecule has 0 saturated carbocycles. The Morgan fingerprint density at radius 1 is 1.16 bits per heavy atom. The van der Waals surface area contributed by atoms with Crippen LogP contribution < -0.4 is 5.73 Å². The fourth-order valence-corrected chi connectivity index (χ4v) is 3.38. The number of anilines is 1. The predicted molar refractivity (Wildman–Crippen MR) is 103 cm³/mol. The zero-order chi connectivity index (χ0) is 17.8. The molecule has 0 radical (unpaired) electrons. The van der Waals surface area contributed by atoms with Crippen molar-refractivity contribution in [2.75, 3.05) is 5.73 Å². The fourth-order valence-electron chi connectivity index (χ4n) is 3.38. The molecule has 132 valence electrons. The first-order valence-corrected chi connectivity index (χ1v) is 9.14. The highest BCUT2D eigenvalue weighted by Gasteiger charge is 2.16. The van der Waals surface area contributed by atoms with Gasteiger partial charge in [0, 0.05) is 24.8 Å². The molecule has 2 aromatic heterocycles.